The minimum Gasteiger partial charge on any atom is -1.00 e. The standard InChI is InChI=1S/C20H41N.ClH/c1-3-5-7-9-11-13-15-20-16-18-21(19-20)17-14-12-10-8-6-4-2;/h20H,3-19H2,1-2H3;1H. The maximum absolute atomic E-state index is 2.31. The van der Waals surface area contributed by atoms with Crippen molar-refractivity contribution >= 4 is 0 Å². The van der Waals surface area contributed by atoms with Gasteiger partial charge in [0.2, 0.25) is 0 Å². The minimum absolute atomic E-state index is 0. The molecular weight excluding hydrogens is 290 g/mol. The van der Waals surface area contributed by atoms with Crippen LogP contribution in [-0.2, 0) is 0 Å². The molecule has 134 valence electrons. The Hall–Kier alpha value is 0.250. The summed E-state index contributed by atoms with van der Waals surface area (Å²) < 4.78 is 0. The Morgan fingerprint density at radius 2 is 1.27 bits per heavy atom. The van der Waals surface area contributed by atoms with Crippen molar-refractivity contribution in [2.75, 3.05) is 19.6 Å². The number of rotatable bonds is 14. The monoisotopic (exact) mass is 331 g/mol. The lowest BCUT2D eigenvalue weighted by atomic mass is 9.99. The van der Waals surface area contributed by atoms with E-state index >= 15 is 0 Å². The molecule has 0 spiro atoms. The van der Waals surface area contributed by atoms with Crippen molar-refractivity contribution in [3.63, 3.8) is 0 Å². The van der Waals surface area contributed by atoms with E-state index in [0.717, 1.165) is 5.92 Å². The number of quaternary nitrogens is 1. The van der Waals surface area contributed by atoms with Gasteiger partial charge in [0.25, 0.3) is 0 Å². The van der Waals surface area contributed by atoms with Gasteiger partial charge in [-0.05, 0) is 19.3 Å². The molecular formula is C20H42ClN. The Kier molecular flexibility index (Phi) is 16.3. The molecule has 0 aromatic carbocycles. The van der Waals surface area contributed by atoms with Crippen LogP contribution in [0.15, 0.2) is 0 Å². The fourth-order valence-corrected chi connectivity index (χ4v) is 3.86. The summed E-state index contributed by atoms with van der Waals surface area (Å²) in [4.78, 5) is 1.92. The van der Waals surface area contributed by atoms with Crippen LogP contribution < -0.4 is 17.3 Å². The van der Waals surface area contributed by atoms with Crippen LogP contribution in [0, 0.1) is 5.92 Å². The summed E-state index contributed by atoms with van der Waals surface area (Å²) in [5.41, 5.74) is 0. The van der Waals surface area contributed by atoms with Crippen molar-refractivity contribution in [2.45, 2.75) is 104 Å². The van der Waals surface area contributed by atoms with Gasteiger partial charge in [-0.1, -0.05) is 78.1 Å². The Morgan fingerprint density at radius 1 is 0.727 bits per heavy atom. The summed E-state index contributed by atoms with van der Waals surface area (Å²) in [7, 11) is 0. The van der Waals surface area contributed by atoms with E-state index in [-0.39, 0.29) is 12.4 Å². The van der Waals surface area contributed by atoms with Gasteiger partial charge in [-0.15, -0.1) is 0 Å². The third-order valence-corrected chi connectivity index (χ3v) is 5.33. The normalized spacial score (nSPS) is 21.0. The molecule has 1 aliphatic heterocycles. The van der Waals surface area contributed by atoms with Crippen LogP contribution >= 0.6 is 0 Å². The van der Waals surface area contributed by atoms with Crippen molar-refractivity contribution < 1.29 is 17.3 Å². The molecule has 1 N–H and O–H groups in total. The van der Waals surface area contributed by atoms with Crippen LogP contribution in [0.3, 0.4) is 0 Å². The summed E-state index contributed by atoms with van der Waals surface area (Å²) in [6, 6.07) is 0. The van der Waals surface area contributed by atoms with E-state index in [1.165, 1.54) is 110 Å². The van der Waals surface area contributed by atoms with Crippen LogP contribution in [0.2, 0.25) is 0 Å². The van der Waals surface area contributed by atoms with Gasteiger partial charge in [-0.25, -0.2) is 0 Å². The lowest BCUT2D eigenvalue weighted by Crippen LogP contribution is -3.10. The molecule has 0 aromatic heterocycles. The smallest absolute Gasteiger partial charge is 0.0801 e. The Bertz CT molecular complexity index is 198. The van der Waals surface area contributed by atoms with Gasteiger partial charge in [0.15, 0.2) is 0 Å². The molecule has 0 aliphatic carbocycles. The van der Waals surface area contributed by atoms with E-state index in [0.29, 0.717) is 0 Å². The van der Waals surface area contributed by atoms with Crippen LogP contribution in [0.1, 0.15) is 104 Å². The van der Waals surface area contributed by atoms with E-state index in [1.54, 1.807) is 0 Å². The van der Waals surface area contributed by atoms with Gasteiger partial charge in [-0.2, -0.15) is 0 Å². The first-order chi connectivity index (χ1) is 10.4. The quantitative estimate of drug-likeness (QED) is 0.464. The van der Waals surface area contributed by atoms with Crippen LogP contribution in [0.4, 0.5) is 0 Å². The minimum atomic E-state index is 0. The van der Waals surface area contributed by atoms with Crippen molar-refractivity contribution in [2.24, 2.45) is 5.92 Å². The summed E-state index contributed by atoms with van der Waals surface area (Å²) in [5, 5.41) is 0. The molecule has 2 atom stereocenters. The first-order valence-electron chi connectivity index (χ1n) is 10.2. The average molecular weight is 332 g/mol. The number of likely N-dealkylation sites (tertiary alicyclic amines) is 1. The molecule has 22 heavy (non-hydrogen) atoms. The molecule has 1 nitrogen and oxygen atoms in total. The average Bonchev–Trinajstić information content (AvgIpc) is 2.94. The van der Waals surface area contributed by atoms with Gasteiger partial charge >= 0.3 is 0 Å². The van der Waals surface area contributed by atoms with E-state index < -0.39 is 0 Å². The van der Waals surface area contributed by atoms with Gasteiger partial charge < -0.3 is 17.3 Å². The summed E-state index contributed by atoms with van der Waals surface area (Å²) >= 11 is 0. The number of hydrogen-bond donors (Lipinski definition) is 1. The highest BCUT2D eigenvalue weighted by Crippen LogP contribution is 2.16. The summed E-state index contributed by atoms with van der Waals surface area (Å²) in [6.45, 7) is 9.02. The fourth-order valence-electron chi connectivity index (χ4n) is 3.86. The molecule has 1 heterocycles. The second-order valence-electron chi connectivity index (χ2n) is 7.43. The third kappa shape index (κ3) is 11.8. The molecule has 0 aromatic rings. The van der Waals surface area contributed by atoms with Gasteiger partial charge in [0, 0.05) is 12.3 Å². The molecule has 0 saturated carbocycles. The van der Waals surface area contributed by atoms with Crippen molar-refractivity contribution in [3.8, 4) is 0 Å². The zero-order chi connectivity index (χ0) is 15.2. The highest BCUT2D eigenvalue weighted by Gasteiger charge is 2.24. The van der Waals surface area contributed by atoms with E-state index in [1.807, 2.05) is 4.90 Å². The Labute approximate surface area is 147 Å². The summed E-state index contributed by atoms with van der Waals surface area (Å²) in [6.07, 6.45) is 20.5. The molecule has 0 bridgehead atoms. The highest BCUT2D eigenvalue weighted by atomic mass is 35.5. The van der Waals surface area contributed by atoms with Crippen molar-refractivity contribution in [1.82, 2.24) is 0 Å². The molecule has 1 rings (SSSR count). The molecule has 2 heteroatoms. The van der Waals surface area contributed by atoms with E-state index in [4.69, 9.17) is 0 Å². The Balaban J connectivity index is 0.00000441. The van der Waals surface area contributed by atoms with Gasteiger partial charge in [-0.3, -0.25) is 0 Å². The second-order valence-corrected chi connectivity index (χ2v) is 7.43. The number of nitrogens with one attached hydrogen (secondary N) is 1. The molecule has 0 amide bonds. The van der Waals surface area contributed by atoms with E-state index in [2.05, 4.69) is 13.8 Å². The third-order valence-electron chi connectivity index (χ3n) is 5.33. The fraction of sp³-hybridized carbons (Fsp3) is 1.00. The zero-order valence-corrected chi connectivity index (χ0v) is 16.2. The first kappa shape index (κ1) is 22.2. The van der Waals surface area contributed by atoms with Crippen LogP contribution in [-0.4, -0.2) is 19.6 Å². The second kappa shape index (κ2) is 16.1. The lowest BCUT2D eigenvalue weighted by molar-refractivity contribution is -0.889. The number of hydrogen-bond acceptors (Lipinski definition) is 0. The van der Waals surface area contributed by atoms with Gasteiger partial charge in [0.05, 0.1) is 19.6 Å². The van der Waals surface area contributed by atoms with Crippen LogP contribution in [0.25, 0.3) is 0 Å². The summed E-state index contributed by atoms with van der Waals surface area (Å²) in [5.74, 6) is 1.06. The maximum atomic E-state index is 2.31. The van der Waals surface area contributed by atoms with Crippen molar-refractivity contribution in [3.05, 3.63) is 0 Å². The molecule has 0 radical (unpaired) electrons. The number of halogens is 1. The Morgan fingerprint density at radius 3 is 1.91 bits per heavy atom. The van der Waals surface area contributed by atoms with Crippen molar-refractivity contribution in [1.29, 1.82) is 0 Å². The maximum Gasteiger partial charge on any atom is 0.0801 e. The zero-order valence-electron chi connectivity index (χ0n) is 15.5. The topological polar surface area (TPSA) is 4.44 Å². The van der Waals surface area contributed by atoms with Crippen LogP contribution in [0.5, 0.6) is 0 Å². The molecule has 2 unspecified atom stereocenters. The predicted molar refractivity (Wildman–Crippen MR) is 95.0 cm³/mol. The first-order valence-corrected chi connectivity index (χ1v) is 10.2. The number of unbranched alkanes of at least 4 members (excludes halogenated alkanes) is 10. The molecule has 1 fully saturated rings. The van der Waals surface area contributed by atoms with E-state index in [9.17, 15) is 0 Å². The molecule has 1 aliphatic rings. The largest absolute Gasteiger partial charge is 1.00 e. The lowest BCUT2D eigenvalue weighted by Gasteiger charge is -2.13. The molecule has 1 saturated heterocycles. The SMILES string of the molecule is CCCCCCCCC1CC[NH+](CCCCCCCC)C1.[Cl-]. The predicted octanol–water partition coefficient (Wildman–Crippen LogP) is 2.01. The van der Waals surface area contributed by atoms with Gasteiger partial charge in [0.1, 0.15) is 0 Å². The highest BCUT2D eigenvalue weighted by molar-refractivity contribution is 4.63.